The molecule has 0 aliphatic heterocycles. The minimum Gasteiger partial charge on any atom is -0.496 e. The molecule has 0 aromatic heterocycles. The molecule has 0 heterocycles. The summed E-state index contributed by atoms with van der Waals surface area (Å²) < 4.78 is 45.0. The molecule has 2 aromatic rings. The SMILES string of the molecule is COc1ccc(F)cc1CNS(=O)(=O)c1ccc(C(=O)O)cc1. The number of rotatable bonds is 6. The third-order valence-electron chi connectivity index (χ3n) is 3.11. The fourth-order valence-corrected chi connectivity index (χ4v) is 2.92. The highest BCUT2D eigenvalue weighted by molar-refractivity contribution is 7.89. The van der Waals surface area contributed by atoms with Crippen molar-refractivity contribution < 1.29 is 27.4 Å². The summed E-state index contributed by atoms with van der Waals surface area (Å²) in [5.74, 6) is -1.30. The maximum atomic E-state index is 13.3. The van der Waals surface area contributed by atoms with E-state index in [1.54, 1.807) is 0 Å². The van der Waals surface area contributed by atoms with Gasteiger partial charge in [0.25, 0.3) is 0 Å². The average Bonchev–Trinajstić information content (AvgIpc) is 2.53. The van der Waals surface area contributed by atoms with Gasteiger partial charge in [0, 0.05) is 12.1 Å². The number of sulfonamides is 1. The molecule has 0 bridgehead atoms. The second-order valence-electron chi connectivity index (χ2n) is 4.61. The Kier molecular flexibility index (Phi) is 4.97. The Morgan fingerprint density at radius 1 is 1.22 bits per heavy atom. The van der Waals surface area contributed by atoms with Gasteiger partial charge < -0.3 is 9.84 Å². The van der Waals surface area contributed by atoms with Crippen molar-refractivity contribution in [2.75, 3.05) is 7.11 Å². The number of aromatic carboxylic acids is 1. The molecule has 0 radical (unpaired) electrons. The van der Waals surface area contributed by atoms with Crippen LogP contribution in [0.1, 0.15) is 15.9 Å². The van der Waals surface area contributed by atoms with Crippen molar-refractivity contribution in [2.24, 2.45) is 0 Å². The predicted molar refractivity (Wildman–Crippen MR) is 80.4 cm³/mol. The number of carbonyl (C=O) groups is 1. The van der Waals surface area contributed by atoms with Crippen LogP contribution in [0.15, 0.2) is 47.4 Å². The third-order valence-corrected chi connectivity index (χ3v) is 4.52. The monoisotopic (exact) mass is 339 g/mol. The van der Waals surface area contributed by atoms with Gasteiger partial charge in [-0.25, -0.2) is 22.3 Å². The van der Waals surface area contributed by atoms with E-state index in [9.17, 15) is 17.6 Å². The summed E-state index contributed by atoms with van der Waals surface area (Å²) in [7, 11) is -2.46. The summed E-state index contributed by atoms with van der Waals surface area (Å²) in [6.07, 6.45) is 0. The molecule has 0 amide bonds. The molecule has 2 rings (SSSR count). The van der Waals surface area contributed by atoms with Crippen molar-refractivity contribution in [1.29, 1.82) is 0 Å². The number of benzene rings is 2. The van der Waals surface area contributed by atoms with E-state index in [2.05, 4.69) is 4.72 Å². The number of carboxylic acids is 1. The van der Waals surface area contributed by atoms with Gasteiger partial charge in [0.05, 0.1) is 17.6 Å². The zero-order valence-corrected chi connectivity index (χ0v) is 12.9. The molecular weight excluding hydrogens is 325 g/mol. The van der Waals surface area contributed by atoms with Gasteiger partial charge in [-0.15, -0.1) is 0 Å². The molecule has 2 aromatic carbocycles. The highest BCUT2D eigenvalue weighted by Crippen LogP contribution is 2.20. The molecular formula is C15H14FNO5S. The minimum atomic E-state index is -3.86. The smallest absolute Gasteiger partial charge is 0.335 e. The largest absolute Gasteiger partial charge is 0.496 e. The van der Waals surface area contributed by atoms with Crippen LogP contribution >= 0.6 is 0 Å². The Balaban J connectivity index is 2.19. The van der Waals surface area contributed by atoms with Gasteiger partial charge in [-0.2, -0.15) is 0 Å². The van der Waals surface area contributed by atoms with Gasteiger partial charge in [0.1, 0.15) is 11.6 Å². The molecule has 0 saturated carbocycles. The van der Waals surface area contributed by atoms with Crippen molar-refractivity contribution >= 4 is 16.0 Å². The molecule has 0 aliphatic rings. The van der Waals surface area contributed by atoms with Gasteiger partial charge in [0.2, 0.25) is 10.0 Å². The molecule has 0 fully saturated rings. The first kappa shape index (κ1) is 16.9. The van der Waals surface area contributed by atoms with Crippen LogP contribution in [-0.4, -0.2) is 26.6 Å². The van der Waals surface area contributed by atoms with E-state index in [0.717, 1.165) is 0 Å². The lowest BCUT2D eigenvalue weighted by atomic mass is 10.2. The number of hydrogen-bond donors (Lipinski definition) is 2. The zero-order valence-electron chi connectivity index (χ0n) is 12.1. The average molecular weight is 339 g/mol. The molecule has 8 heteroatoms. The standard InChI is InChI=1S/C15H14FNO5S/c1-22-14-7-4-12(16)8-11(14)9-17-23(20,21)13-5-2-10(3-6-13)15(18)19/h2-8,17H,9H2,1H3,(H,18,19). The van der Waals surface area contributed by atoms with E-state index in [1.807, 2.05) is 0 Å². The van der Waals surface area contributed by atoms with Gasteiger partial charge in [-0.05, 0) is 42.5 Å². The highest BCUT2D eigenvalue weighted by Gasteiger charge is 2.16. The number of methoxy groups -OCH3 is 1. The number of carboxylic acid groups (broad SMARTS) is 1. The lowest BCUT2D eigenvalue weighted by Gasteiger charge is -2.10. The number of nitrogens with one attached hydrogen (secondary N) is 1. The van der Waals surface area contributed by atoms with E-state index in [-0.39, 0.29) is 17.0 Å². The van der Waals surface area contributed by atoms with Crippen LogP contribution in [0.25, 0.3) is 0 Å². The quantitative estimate of drug-likeness (QED) is 0.840. The molecule has 0 atom stereocenters. The second kappa shape index (κ2) is 6.76. The predicted octanol–water partition coefficient (Wildman–Crippen LogP) is 2.01. The number of hydrogen-bond acceptors (Lipinski definition) is 4. The summed E-state index contributed by atoms with van der Waals surface area (Å²) >= 11 is 0. The molecule has 0 saturated heterocycles. The van der Waals surface area contributed by atoms with Gasteiger partial charge in [0.15, 0.2) is 0 Å². The number of ether oxygens (including phenoxy) is 1. The lowest BCUT2D eigenvalue weighted by Crippen LogP contribution is -2.23. The Morgan fingerprint density at radius 2 is 1.87 bits per heavy atom. The molecule has 0 spiro atoms. The molecule has 0 aliphatic carbocycles. The van der Waals surface area contributed by atoms with Gasteiger partial charge >= 0.3 is 5.97 Å². The van der Waals surface area contributed by atoms with Crippen LogP contribution in [-0.2, 0) is 16.6 Å². The van der Waals surface area contributed by atoms with E-state index in [1.165, 1.54) is 49.6 Å². The summed E-state index contributed by atoms with van der Waals surface area (Å²) in [6, 6.07) is 8.56. The fourth-order valence-electron chi connectivity index (χ4n) is 1.92. The van der Waals surface area contributed by atoms with Crippen LogP contribution in [0.4, 0.5) is 4.39 Å². The number of halogens is 1. The third kappa shape index (κ3) is 4.05. The first-order valence-corrected chi connectivity index (χ1v) is 7.97. The summed E-state index contributed by atoms with van der Waals surface area (Å²) in [5.41, 5.74) is 0.328. The molecule has 6 nitrogen and oxygen atoms in total. The van der Waals surface area contributed by atoms with E-state index < -0.39 is 21.8 Å². The maximum Gasteiger partial charge on any atom is 0.335 e. The molecule has 122 valence electrons. The summed E-state index contributed by atoms with van der Waals surface area (Å²) in [5, 5.41) is 8.80. The lowest BCUT2D eigenvalue weighted by molar-refractivity contribution is 0.0696. The van der Waals surface area contributed by atoms with Crippen molar-refractivity contribution in [2.45, 2.75) is 11.4 Å². The normalized spacial score (nSPS) is 11.2. The van der Waals surface area contributed by atoms with Crippen molar-refractivity contribution in [1.82, 2.24) is 4.72 Å². The fraction of sp³-hybridized carbons (Fsp3) is 0.133. The summed E-state index contributed by atoms with van der Waals surface area (Å²) in [6.45, 7) is -0.163. The molecule has 2 N–H and O–H groups in total. The van der Waals surface area contributed by atoms with E-state index in [4.69, 9.17) is 9.84 Å². The first-order chi connectivity index (χ1) is 10.8. The van der Waals surface area contributed by atoms with Crippen LogP contribution < -0.4 is 9.46 Å². The van der Waals surface area contributed by atoms with E-state index in [0.29, 0.717) is 11.3 Å². The maximum absolute atomic E-state index is 13.3. The second-order valence-corrected chi connectivity index (χ2v) is 6.38. The molecule has 23 heavy (non-hydrogen) atoms. The first-order valence-electron chi connectivity index (χ1n) is 6.49. The summed E-state index contributed by atoms with van der Waals surface area (Å²) in [4.78, 5) is 10.7. The Hall–Kier alpha value is -2.45. The minimum absolute atomic E-state index is 0.0178. The van der Waals surface area contributed by atoms with Crippen LogP contribution in [0, 0.1) is 5.82 Å². The Bertz CT molecular complexity index is 818. The Labute approximate surface area is 132 Å². The van der Waals surface area contributed by atoms with Crippen LogP contribution in [0.2, 0.25) is 0 Å². The van der Waals surface area contributed by atoms with Crippen molar-refractivity contribution in [3.63, 3.8) is 0 Å². The van der Waals surface area contributed by atoms with Gasteiger partial charge in [-0.3, -0.25) is 0 Å². The van der Waals surface area contributed by atoms with E-state index >= 15 is 0 Å². The van der Waals surface area contributed by atoms with Crippen LogP contribution in [0.5, 0.6) is 5.75 Å². The Morgan fingerprint density at radius 3 is 2.43 bits per heavy atom. The van der Waals surface area contributed by atoms with Gasteiger partial charge in [-0.1, -0.05) is 0 Å². The zero-order chi connectivity index (χ0) is 17.0. The van der Waals surface area contributed by atoms with Crippen molar-refractivity contribution in [3.8, 4) is 5.75 Å². The highest BCUT2D eigenvalue weighted by atomic mass is 32.2. The van der Waals surface area contributed by atoms with Crippen LogP contribution in [0.3, 0.4) is 0 Å². The molecule has 0 unspecified atom stereocenters. The van der Waals surface area contributed by atoms with Crippen molar-refractivity contribution in [3.05, 3.63) is 59.4 Å². The topological polar surface area (TPSA) is 92.7 Å².